The number of hydrogen-bond donors (Lipinski definition) is 2. The number of carboxylic acid groups (broad SMARTS) is 1. The molecule has 4 aromatic rings. The van der Waals surface area contributed by atoms with Crippen LogP contribution in [0.25, 0.3) is 11.1 Å². The second-order valence-electron chi connectivity index (χ2n) is 8.76. The van der Waals surface area contributed by atoms with E-state index in [9.17, 15) is 23.9 Å². The average Bonchev–Trinajstić information content (AvgIpc) is 2.95. The molecular formula is C31H27FN2O4. The van der Waals surface area contributed by atoms with Crippen molar-refractivity contribution in [2.24, 2.45) is 0 Å². The van der Waals surface area contributed by atoms with Crippen LogP contribution in [-0.2, 0) is 17.9 Å². The fraction of sp³-hybridized carbons (Fsp3) is 0.129. The molecule has 0 saturated carbocycles. The molecule has 0 spiro atoms. The van der Waals surface area contributed by atoms with Crippen LogP contribution in [0.4, 0.5) is 4.39 Å². The molecule has 0 aliphatic carbocycles. The first-order valence-corrected chi connectivity index (χ1v) is 12.2. The van der Waals surface area contributed by atoms with Gasteiger partial charge in [0.15, 0.2) is 0 Å². The number of carbonyl (C=O) groups is 3. The molecule has 0 radical (unpaired) electrons. The van der Waals surface area contributed by atoms with E-state index in [1.54, 1.807) is 60.7 Å². The van der Waals surface area contributed by atoms with Crippen LogP contribution in [0, 0.1) is 5.82 Å². The van der Waals surface area contributed by atoms with Gasteiger partial charge in [-0.15, -0.1) is 0 Å². The molecule has 0 fully saturated rings. The van der Waals surface area contributed by atoms with Gasteiger partial charge >= 0.3 is 5.97 Å². The van der Waals surface area contributed by atoms with Crippen molar-refractivity contribution in [3.8, 4) is 11.1 Å². The second kappa shape index (κ2) is 12.5. The number of nitrogens with one attached hydrogen (secondary N) is 1. The van der Waals surface area contributed by atoms with Crippen LogP contribution < -0.4 is 5.32 Å². The lowest BCUT2D eigenvalue weighted by molar-refractivity contribution is -0.137. The average molecular weight is 511 g/mol. The van der Waals surface area contributed by atoms with Crippen molar-refractivity contribution in [3.05, 3.63) is 131 Å². The van der Waals surface area contributed by atoms with E-state index in [-0.39, 0.29) is 43.7 Å². The monoisotopic (exact) mass is 510 g/mol. The first-order chi connectivity index (χ1) is 18.4. The summed E-state index contributed by atoms with van der Waals surface area (Å²) in [5.74, 6) is -2.00. The van der Waals surface area contributed by atoms with Crippen molar-refractivity contribution >= 4 is 17.8 Å². The highest BCUT2D eigenvalue weighted by molar-refractivity contribution is 6.06. The summed E-state index contributed by atoms with van der Waals surface area (Å²) in [4.78, 5) is 39.8. The molecule has 2 N–H and O–H groups in total. The van der Waals surface area contributed by atoms with Crippen molar-refractivity contribution in [2.75, 3.05) is 6.54 Å². The van der Waals surface area contributed by atoms with E-state index in [0.29, 0.717) is 22.3 Å². The maximum atomic E-state index is 13.8. The number of hydrogen-bond acceptors (Lipinski definition) is 3. The molecule has 4 aromatic carbocycles. The number of amides is 2. The number of benzene rings is 4. The van der Waals surface area contributed by atoms with Gasteiger partial charge in [-0.2, -0.15) is 0 Å². The van der Waals surface area contributed by atoms with Crippen molar-refractivity contribution in [1.82, 2.24) is 10.2 Å². The summed E-state index contributed by atoms with van der Waals surface area (Å²) in [5.41, 5.74) is 3.53. The first-order valence-electron chi connectivity index (χ1n) is 12.2. The predicted octanol–water partition coefficient (Wildman–Crippen LogP) is 5.54. The fourth-order valence-electron chi connectivity index (χ4n) is 4.16. The van der Waals surface area contributed by atoms with Crippen LogP contribution >= 0.6 is 0 Å². The fourth-order valence-corrected chi connectivity index (χ4v) is 4.16. The highest BCUT2D eigenvalue weighted by atomic mass is 19.1. The van der Waals surface area contributed by atoms with Crippen LogP contribution in [0.1, 0.15) is 38.3 Å². The van der Waals surface area contributed by atoms with E-state index in [1.165, 1.54) is 17.0 Å². The summed E-state index contributed by atoms with van der Waals surface area (Å²) in [6, 6.07) is 29.2. The molecule has 0 bridgehead atoms. The van der Waals surface area contributed by atoms with Gasteiger partial charge in [-0.3, -0.25) is 14.4 Å². The molecule has 0 aliphatic rings. The zero-order valence-corrected chi connectivity index (χ0v) is 20.6. The Morgan fingerprint density at radius 1 is 0.711 bits per heavy atom. The summed E-state index contributed by atoms with van der Waals surface area (Å²) >= 11 is 0. The number of halogens is 1. The molecule has 2 amide bonds. The van der Waals surface area contributed by atoms with Crippen LogP contribution in [-0.4, -0.2) is 34.3 Å². The van der Waals surface area contributed by atoms with Crippen molar-refractivity contribution in [2.45, 2.75) is 19.5 Å². The van der Waals surface area contributed by atoms with Gasteiger partial charge in [-0.1, -0.05) is 78.9 Å². The van der Waals surface area contributed by atoms with E-state index in [1.807, 2.05) is 30.3 Å². The lowest BCUT2D eigenvalue weighted by atomic mass is 9.94. The lowest BCUT2D eigenvalue weighted by Gasteiger charge is -2.24. The molecule has 6 nitrogen and oxygen atoms in total. The number of carbonyl (C=O) groups excluding carboxylic acids is 2. The predicted molar refractivity (Wildman–Crippen MR) is 143 cm³/mol. The van der Waals surface area contributed by atoms with Crippen molar-refractivity contribution in [3.63, 3.8) is 0 Å². The Labute approximate surface area is 220 Å². The van der Waals surface area contributed by atoms with Crippen LogP contribution in [0.2, 0.25) is 0 Å². The van der Waals surface area contributed by atoms with Crippen LogP contribution in [0.3, 0.4) is 0 Å². The van der Waals surface area contributed by atoms with Crippen LogP contribution in [0.15, 0.2) is 103 Å². The molecule has 0 saturated heterocycles. The van der Waals surface area contributed by atoms with Gasteiger partial charge in [-0.05, 0) is 46.5 Å². The Morgan fingerprint density at radius 3 is 1.95 bits per heavy atom. The maximum Gasteiger partial charge on any atom is 0.305 e. The van der Waals surface area contributed by atoms with E-state index >= 15 is 0 Å². The molecule has 0 aromatic heterocycles. The quantitative estimate of drug-likeness (QED) is 0.293. The Morgan fingerprint density at radius 2 is 1.29 bits per heavy atom. The van der Waals surface area contributed by atoms with E-state index in [2.05, 4.69) is 5.32 Å². The number of nitrogens with zero attached hydrogens (tertiary/aromatic N) is 1. The Balaban J connectivity index is 1.63. The van der Waals surface area contributed by atoms with Gasteiger partial charge in [0.25, 0.3) is 11.8 Å². The molecule has 0 aliphatic heterocycles. The second-order valence-corrected chi connectivity index (χ2v) is 8.76. The minimum absolute atomic E-state index is 0.0389. The van der Waals surface area contributed by atoms with Gasteiger partial charge in [0, 0.05) is 30.8 Å². The molecule has 0 heterocycles. The minimum atomic E-state index is -0.993. The van der Waals surface area contributed by atoms with Crippen molar-refractivity contribution in [1.29, 1.82) is 0 Å². The maximum absolute atomic E-state index is 13.8. The smallest absolute Gasteiger partial charge is 0.305 e. The van der Waals surface area contributed by atoms with Crippen molar-refractivity contribution < 1.29 is 23.9 Å². The van der Waals surface area contributed by atoms with Gasteiger partial charge in [0.05, 0.1) is 6.42 Å². The molecular weight excluding hydrogens is 483 g/mol. The summed E-state index contributed by atoms with van der Waals surface area (Å²) in [5, 5.41) is 12.1. The zero-order valence-electron chi connectivity index (χ0n) is 20.6. The highest BCUT2D eigenvalue weighted by Crippen LogP contribution is 2.29. The molecule has 7 heteroatoms. The first kappa shape index (κ1) is 26.3. The number of rotatable bonds is 10. The Kier molecular flexibility index (Phi) is 8.61. The third-order valence-corrected chi connectivity index (χ3v) is 6.08. The Hall–Kier alpha value is -4.78. The van der Waals surface area contributed by atoms with Gasteiger partial charge in [-0.25, -0.2) is 4.39 Å². The summed E-state index contributed by atoms with van der Waals surface area (Å²) < 4.78 is 13.2. The van der Waals surface area contributed by atoms with Gasteiger partial charge < -0.3 is 15.3 Å². The standard InChI is InChI=1S/C31H27FN2O4/c32-24-16-14-22(15-17-24)20-33-30(37)27-12-6-4-10-25(27)26-11-5-7-13-28(26)31(38)34(19-18-29(35)36)21-23-8-2-1-3-9-23/h1-17H,18-21H2,(H,33,37)(H,35,36). The molecule has 0 atom stereocenters. The van der Waals surface area contributed by atoms with E-state index in [0.717, 1.165) is 11.1 Å². The largest absolute Gasteiger partial charge is 0.481 e. The summed E-state index contributed by atoms with van der Waals surface area (Å²) in [6.07, 6.45) is -0.191. The minimum Gasteiger partial charge on any atom is -0.481 e. The topological polar surface area (TPSA) is 86.7 Å². The lowest BCUT2D eigenvalue weighted by Crippen LogP contribution is -2.33. The van der Waals surface area contributed by atoms with E-state index < -0.39 is 5.97 Å². The molecule has 4 rings (SSSR count). The zero-order chi connectivity index (χ0) is 26.9. The number of aliphatic carboxylic acids is 1. The third-order valence-electron chi connectivity index (χ3n) is 6.08. The summed E-state index contributed by atoms with van der Waals surface area (Å²) in [6.45, 7) is 0.506. The van der Waals surface area contributed by atoms with Crippen LogP contribution in [0.5, 0.6) is 0 Å². The molecule has 38 heavy (non-hydrogen) atoms. The molecule has 192 valence electrons. The highest BCUT2D eigenvalue weighted by Gasteiger charge is 2.22. The SMILES string of the molecule is O=C(O)CCN(Cc1ccccc1)C(=O)c1ccccc1-c1ccccc1C(=O)NCc1ccc(F)cc1. The van der Waals surface area contributed by atoms with Gasteiger partial charge in [0.2, 0.25) is 0 Å². The van der Waals surface area contributed by atoms with Gasteiger partial charge in [0.1, 0.15) is 5.82 Å². The Bertz CT molecular complexity index is 1420. The molecule has 0 unspecified atom stereocenters. The van der Waals surface area contributed by atoms with E-state index in [4.69, 9.17) is 0 Å². The summed E-state index contributed by atoms with van der Waals surface area (Å²) in [7, 11) is 0. The third kappa shape index (κ3) is 6.70. The normalized spacial score (nSPS) is 10.6. The number of carboxylic acids is 1.